The number of unbranched alkanes of at least 4 members (excludes halogenated alkanes) is 2. The average Bonchev–Trinajstić information content (AvgIpc) is 2.45. The highest BCUT2D eigenvalue weighted by Crippen LogP contribution is 2.08. The number of benzene rings is 1. The Kier molecular flexibility index (Phi) is 8.47. The molecule has 0 fully saturated rings. The molecule has 0 heterocycles. The van der Waals surface area contributed by atoms with Gasteiger partial charge in [0.25, 0.3) is 0 Å². The van der Waals surface area contributed by atoms with Crippen molar-refractivity contribution in [1.82, 2.24) is 5.32 Å². The van der Waals surface area contributed by atoms with Crippen molar-refractivity contribution in [2.24, 2.45) is 0 Å². The van der Waals surface area contributed by atoms with E-state index >= 15 is 0 Å². The van der Waals surface area contributed by atoms with Gasteiger partial charge >= 0.3 is 5.97 Å². The van der Waals surface area contributed by atoms with Crippen LogP contribution in [0, 0.1) is 0 Å². The first kappa shape index (κ1) is 20.2. The van der Waals surface area contributed by atoms with Crippen molar-refractivity contribution in [2.75, 3.05) is 27.7 Å². The van der Waals surface area contributed by atoms with Crippen LogP contribution in [0.3, 0.4) is 0 Å². The zero-order valence-electron chi connectivity index (χ0n) is 15.1. The van der Waals surface area contributed by atoms with E-state index in [1.165, 1.54) is 5.56 Å². The third-order valence-corrected chi connectivity index (χ3v) is 3.77. The Morgan fingerprint density at radius 2 is 1.75 bits per heavy atom. The highest BCUT2D eigenvalue weighted by Gasteiger charge is 2.22. The van der Waals surface area contributed by atoms with E-state index in [1.54, 1.807) is 0 Å². The number of carboxylic acid groups (broad SMARTS) is 1. The molecule has 0 saturated heterocycles. The van der Waals surface area contributed by atoms with Crippen LogP contribution in [0.15, 0.2) is 30.3 Å². The summed E-state index contributed by atoms with van der Waals surface area (Å²) in [6.07, 6.45) is 4.36. The number of aryl methyl sites for hydroxylation is 1. The van der Waals surface area contributed by atoms with Gasteiger partial charge in [-0.3, -0.25) is 9.59 Å². The van der Waals surface area contributed by atoms with Gasteiger partial charge in [0.2, 0.25) is 5.91 Å². The van der Waals surface area contributed by atoms with Gasteiger partial charge in [-0.1, -0.05) is 36.8 Å². The fourth-order valence-electron chi connectivity index (χ4n) is 2.77. The summed E-state index contributed by atoms with van der Waals surface area (Å²) in [4.78, 5) is 23.0. The van der Waals surface area contributed by atoms with Crippen LogP contribution in [-0.2, 0) is 16.0 Å². The molecule has 1 unspecified atom stereocenters. The summed E-state index contributed by atoms with van der Waals surface area (Å²) in [5.41, 5.74) is 1.33. The topological polar surface area (TPSA) is 66.4 Å². The third-order valence-electron chi connectivity index (χ3n) is 3.77. The highest BCUT2D eigenvalue weighted by molar-refractivity contribution is 5.77. The van der Waals surface area contributed by atoms with E-state index in [0.29, 0.717) is 17.4 Å². The zero-order chi connectivity index (χ0) is 18.0. The molecule has 1 atom stereocenters. The molecule has 5 nitrogen and oxygen atoms in total. The fraction of sp³-hybridized carbons (Fsp3) is 0.579. The minimum atomic E-state index is -0.878. The molecule has 0 aliphatic rings. The molecule has 0 aliphatic carbocycles. The van der Waals surface area contributed by atoms with Crippen LogP contribution in [0.4, 0.5) is 0 Å². The number of carbonyl (C=O) groups is 2. The van der Waals surface area contributed by atoms with Crippen molar-refractivity contribution in [3.05, 3.63) is 35.9 Å². The van der Waals surface area contributed by atoms with E-state index in [4.69, 9.17) is 5.11 Å². The van der Waals surface area contributed by atoms with Crippen LogP contribution < -0.4 is 5.32 Å². The van der Waals surface area contributed by atoms with Crippen LogP contribution in [0.1, 0.15) is 37.7 Å². The number of amides is 1. The second-order valence-electron chi connectivity index (χ2n) is 7.38. The van der Waals surface area contributed by atoms with Gasteiger partial charge in [0, 0.05) is 6.42 Å². The molecular formula is C19H31N2O3+. The average molecular weight is 335 g/mol. The van der Waals surface area contributed by atoms with Gasteiger partial charge in [0.1, 0.15) is 0 Å². The second-order valence-corrected chi connectivity index (χ2v) is 7.38. The van der Waals surface area contributed by atoms with Crippen molar-refractivity contribution >= 4 is 11.9 Å². The first-order chi connectivity index (χ1) is 11.3. The molecule has 5 heteroatoms. The number of hydrogen-bond acceptors (Lipinski definition) is 2. The Hall–Kier alpha value is -1.88. The normalized spacial score (nSPS) is 12.6. The fourth-order valence-corrected chi connectivity index (χ4v) is 2.77. The minimum absolute atomic E-state index is 0.0325. The van der Waals surface area contributed by atoms with Gasteiger partial charge < -0.3 is 14.9 Å². The molecule has 24 heavy (non-hydrogen) atoms. The number of nitrogens with zero attached hydrogens (tertiary/aromatic N) is 1. The second kappa shape index (κ2) is 10.1. The van der Waals surface area contributed by atoms with Crippen molar-refractivity contribution in [3.63, 3.8) is 0 Å². The molecule has 0 aliphatic heterocycles. The lowest BCUT2D eigenvalue weighted by molar-refractivity contribution is -0.871. The zero-order valence-corrected chi connectivity index (χ0v) is 15.1. The van der Waals surface area contributed by atoms with Crippen molar-refractivity contribution in [2.45, 2.75) is 44.6 Å². The standard InChI is InChI=1S/C19H30N2O3/c1-21(2,3)15-17(14-19(23)24)20-18(22)13-9-5-8-12-16-10-6-4-7-11-16/h4,6-7,10-11,17H,5,8-9,12-15H2,1-3H3,(H-,20,22,23,24)/p+1. The van der Waals surface area contributed by atoms with Gasteiger partial charge in [-0.25, -0.2) is 0 Å². The molecule has 2 N–H and O–H groups in total. The summed E-state index contributed by atoms with van der Waals surface area (Å²) in [5, 5.41) is 11.9. The summed E-state index contributed by atoms with van der Waals surface area (Å²) < 4.78 is 0.620. The number of nitrogens with one attached hydrogen (secondary N) is 1. The number of hydrogen-bond donors (Lipinski definition) is 2. The van der Waals surface area contributed by atoms with E-state index in [2.05, 4.69) is 17.4 Å². The maximum Gasteiger partial charge on any atom is 0.305 e. The maximum atomic E-state index is 12.0. The molecule has 0 bridgehead atoms. The third kappa shape index (κ3) is 10.0. The van der Waals surface area contributed by atoms with Crippen LogP contribution in [-0.4, -0.2) is 55.2 Å². The van der Waals surface area contributed by atoms with Crippen LogP contribution >= 0.6 is 0 Å². The Morgan fingerprint density at radius 3 is 2.33 bits per heavy atom. The van der Waals surface area contributed by atoms with E-state index in [-0.39, 0.29) is 18.4 Å². The molecule has 134 valence electrons. The number of aliphatic carboxylic acids is 1. The molecule has 1 aromatic carbocycles. The van der Waals surface area contributed by atoms with Crippen molar-refractivity contribution in [3.8, 4) is 0 Å². The van der Waals surface area contributed by atoms with E-state index in [1.807, 2.05) is 39.3 Å². The van der Waals surface area contributed by atoms with E-state index in [9.17, 15) is 9.59 Å². The molecule has 0 saturated carbocycles. The lowest BCUT2D eigenvalue weighted by Crippen LogP contribution is -2.49. The van der Waals surface area contributed by atoms with Crippen molar-refractivity contribution < 1.29 is 19.2 Å². The number of rotatable bonds is 11. The molecule has 0 spiro atoms. The Labute approximate surface area is 145 Å². The first-order valence-corrected chi connectivity index (χ1v) is 8.62. The SMILES string of the molecule is C[N+](C)(C)CC(CC(=O)O)NC(=O)CCCCCc1ccccc1. The molecule has 0 aromatic heterocycles. The van der Waals surface area contributed by atoms with Gasteiger partial charge in [0.15, 0.2) is 0 Å². The number of likely N-dealkylation sites (N-methyl/N-ethyl adjacent to an activating group) is 1. The number of quaternary nitrogens is 1. The smallest absolute Gasteiger partial charge is 0.305 e. The van der Waals surface area contributed by atoms with E-state index < -0.39 is 5.97 Å². The Balaban J connectivity index is 2.26. The van der Waals surface area contributed by atoms with Crippen LogP contribution in [0.25, 0.3) is 0 Å². The largest absolute Gasteiger partial charge is 0.481 e. The van der Waals surface area contributed by atoms with Crippen LogP contribution in [0.5, 0.6) is 0 Å². The summed E-state index contributed by atoms with van der Waals surface area (Å²) >= 11 is 0. The monoisotopic (exact) mass is 335 g/mol. The van der Waals surface area contributed by atoms with Gasteiger partial charge in [0.05, 0.1) is 40.2 Å². The lowest BCUT2D eigenvalue weighted by atomic mass is 10.1. The highest BCUT2D eigenvalue weighted by atomic mass is 16.4. The molecule has 1 rings (SSSR count). The Bertz CT molecular complexity index is 509. The number of carbonyl (C=O) groups excluding carboxylic acids is 1. The summed E-state index contributed by atoms with van der Waals surface area (Å²) in [7, 11) is 5.97. The first-order valence-electron chi connectivity index (χ1n) is 8.62. The minimum Gasteiger partial charge on any atom is -0.481 e. The summed E-state index contributed by atoms with van der Waals surface area (Å²) in [6, 6.07) is 10.0. The predicted octanol–water partition coefficient (Wildman–Crippen LogP) is 2.46. The summed E-state index contributed by atoms with van der Waals surface area (Å²) in [5.74, 6) is -0.925. The van der Waals surface area contributed by atoms with Crippen molar-refractivity contribution in [1.29, 1.82) is 0 Å². The quantitative estimate of drug-likeness (QED) is 0.482. The molecule has 0 radical (unpaired) electrons. The maximum absolute atomic E-state index is 12.0. The van der Waals surface area contributed by atoms with E-state index in [0.717, 1.165) is 25.7 Å². The van der Waals surface area contributed by atoms with Crippen LogP contribution in [0.2, 0.25) is 0 Å². The molecule has 1 aromatic rings. The molecular weight excluding hydrogens is 304 g/mol. The lowest BCUT2D eigenvalue weighted by Gasteiger charge is -2.29. The van der Waals surface area contributed by atoms with Gasteiger partial charge in [-0.15, -0.1) is 0 Å². The predicted molar refractivity (Wildman–Crippen MR) is 95.7 cm³/mol. The van der Waals surface area contributed by atoms with Gasteiger partial charge in [-0.2, -0.15) is 0 Å². The molecule has 1 amide bonds. The van der Waals surface area contributed by atoms with Gasteiger partial charge in [-0.05, 0) is 24.8 Å². The summed E-state index contributed by atoms with van der Waals surface area (Å²) in [6.45, 7) is 0.603. The Morgan fingerprint density at radius 1 is 1.08 bits per heavy atom. The number of carboxylic acids is 1.